The molecule has 1 amide bonds. The number of nitrogens with zero attached hydrogens (tertiary/aromatic N) is 4. The monoisotopic (exact) mass is 598 g/mol. The molecule has 4 heterocycles. The molecule has 7 N–H and O–H groups in total. The first-order chi connectivity index (χ1) is 20.3. The van der Waals surface area contributed by atoms with Crippen molar-refractivity contribution < 1.29 is 29.7 Å². The third kappa shape index (κ3) is 7.71. The predicted molar refractivity (Wildman–Crippen MR) is 162 cm³/mol. The van der Waals surface area contributed by atoms with Crippen LogP contribution in [0.3, 0.4) is 0 Å². The maximum Gasteiger partial charge on any atom is 0.305 e. The maximum atomic E-state index is 14.7. The van der Waals surface area contributed by atoms with Gasteiger partial charge in [0.25, 0.3) is 11.7 Å². The van der Waals surface area contributed by atoms with Crippen molar-refractivity contribution in [1.82, 2.24) is 26.0 Å². The summed E-state index contributed by atoms with van der Waals surface area (Å²) in [4.78, 5) is 65.3. The van der Waals surface area contributed by atoms with Gasteiger partial charge in [0.15, 0.2) is 17.4 Å². The Morgan fingerprint density at radius 2 is 1.86 bits per heavy atom. The Labute approximate surface area is 249 Å². The normalized spacial score (nSPS) is 13.2. The minimum atomic E-state index is -0.836. The lowest BCUT2D eigenvalue weighted by Gasteiger charge is -2.35. The number of carbonyl (C=O) groups excluding carboxylic acids is 4. The lowest BCUT2D eigenvalue weighted by atomic mass is 10.0. The van der Waals surface area contributed by atoms with Crippen molar-refractivity contribution in [2.45, 2.75) is 39.0 Å². The standard InChI is InChI=1S/C29H34FN7O5.H3N.H2/c1-2-42-23(39)9-5-3-4-8-22(38)19-7-6-11-33-28(19)36-13-15-37(16-14-36)29(41)26(40)20-17-34-25-24(20)21(30)18-35-27(25)32-12-10-31;;/h6-7,10-12,17-18,34H,2-5,8-9,13-16,31H2,1H3,(H,32,35);1H3;1H/b12-10-;;. The Balaban J connectivity index is 0.00000337. The average Bonchev–Trinajstić information content (AvgIpc) is 3.46. The molecule has 4 rings (SSSR count). The zero-order chi connectivity index (χ0) is 30.1. The molecule has 0 bridgehead atoms. The predicted octanol–water partition coefficient (Wildman–Crippen LogP) is 3.57. The number of carbonyl (C=O) groups is 4. The number of fused-ring (bicyclic) bond motifs is 1. The highest BCUT2D eigenvalue weighted by atomic mass is 19.1. The first-order valence-corrected chi connectivity index (χ1v) is 13.9. The molecular weight excluding hydrogens is 559 g/mol. The molecule has 43 heavy (non-hydrogen) atoms. The summed E-state index contributed by atoms with van der Waals surface area (Å²) in [6.45, 7) is 3.30. The van der Waals surface area contributed by atoms with E-state index < -0.39 is 17.5 Å². The topological polar surface area (TPSA) is 199 Å². The number of nitrogens with one attached hydrogen (secondary N) is 2. The van der Waals surface area contributed by atoms with Gasteiger partial charge in [0.05, 0.1) is 34.8 Å². The Hall–Kier alpha value is -4.85. The summed E-state index contributed by atoms with van der Waals surface area (Å²) in [6, 6.07) is 3.44. The number of pyridine rings is 2. The van der Waals surface area contributed by atoms with Gasteiger partial charge < -0.3 is 36.7 Å². The summed E-state index contributed by atoms with van der Waals surface area (Å²) in [5.74, 6) is -1.81. The molecule has 3 aromatic rings. The largest absolute Gasteiger partial charge is 0.466 e. The van der Waals surface area contributed by atoms with Crippen molar-refractivity contribution in [3.63, 3.8) is 0 Å². The van der Waals surface area contributed by atoms with E-state index in [0.29, 0.717) is 56.8 Å². The van der Waals surface area contributed by atoms with Gasteiger partial charge in [-0.2, -0.15) is 0 Å². The molecule has 1 fully saturated rings. The summed E-state index contributed by atoms with van der Waals surface area (Å²) in [7, 11) is 0. The highest BCUT2D eigenvalue weighted by Crippen LogP contribution is 2.28. The molecular formula is C29H39FN8O5. The van der Waals surface area contributed by atoms with E-state index in [2.05, 4.69) is 20.3 Å². The molecule has 0 aromatic carbocycles. The fourth-order valence-corrected chi connectivity index (χ4v) is 4.87. The smallest absolute Gasteiger partial charge is 0.305 e. The summed E-state index contributed by atoms with van der Waals surface area (Å²) in [5, 5.41) is 2.76. The number of H-pyrrole nitrogens is 1. The molecule has 3 aromatic heterocycles. The van der Waals surface area contributed by atoms with E-state index in [-0.39, 0.29) is 54.7 Å². The lowest BCUT2D eigenvalue weighted by molar-refractivity contribution is -0.143. The fraction of sp³-hybridized carbons (Fsp3) is 0.379. The van der Waals surface area contributed by atoms with Crippen molar-refractivity contribution in [3.8, 4) is 0 Å². The van der Waals surface area contributed by atoms with Crippen LogP contribution in [0, 0.1) is 5.82 Å². The number of anilines is 2. The van der Waals surface area contributed by atoms with Gasteiger partial charge in [-0.3, -0.25) is 19.2 Å². The van der Waals surface area contributed by atoms with Crippen LogP contribution in [0.25, 0.3) is 10.9 Å². The number of hydrogen-bond acceptors (Lipinski definition) is 11. The van der Waals surface area contributed by atoms with E-state index in [1.807, 2.05) is 4.90 Å². The molecule has 1 aliphatic rings. The van der Waals surface area contributed by atoms with Crippen molar-refractivity contribution in [2.75, 3.05) is 43.0 Å². The van der Waals surface area contributed by atoms with Crippen LogP contribution in [0.1, 0.15) is 61.2 Å². The minimum Gasteiger partial charge on any atom is -0.466 e. The van der Waals surface area contributed by atoms with Crippen LogP contribution < -0.4 is 22.1 Å². The van der Waals surface area contributed by atoms with E-state index in [4.69, 9.17) is 10.5 Å². The van der Waals surface area contributed by atoms with Gasteiger partial charge in [0, 0.05) is 65.2 Å². The number of rotatable bonds is 13. The van der Waals surface area contributed by atoms with Crippen molar-refractivity contribution in [3.05, 3.63) is 60.1 Å². The van der Waals surface area contributed by atoms with Gasteiger partial charge in [0.2, 0.25) is 0 Å². The molecule has 0 spiro atoms. The number of nitrogens with two attached hydrogens (primary N) is 1. The number of amides is 1. The molecule has 0 radical (unpaired) electrons. The van der Waals surface area contributed by atoms with Crippen molar-refractivity contribution >= 4 is 46.0 Å². The zero-order valence-corrected chi connectivity index (χ0v) is 24.1. The van der Waals surface area contributed by atoms with Crippen molar-refractivity contribution in [1.29, 1.82) is 0 Å². The van der Waals surface area contributed by atoms with E-state index >= 15 is 0 Å². The van der Waals surface area contributed by atoms with E-state index in [1.54, 1.807) is 25.3 Å². The Bertz CT molecular complexity index is 1490. The van der Waals surface area contributed by atoms with Gasteiger partial charge >= 0.3 is 5.97 Å². The molecule has 0 atom stereocenters. The van der Waals surface area contributed by atoms with E-state index in [9.17, 15) is 23.6 Å². The number of aromatic amines is 1. The lowest BCUT2D eigenvalue weighted by Crippen LogP contribution is -2.51. The molecule has 14 heteroatoms. The molecule has 13 nitrogen and oxygen atoms in total. The number of Topliss-reactive ketones (excluding diaryl/α,β-unsaturated/α-hetero) is 2. The van der Waals surface area contributed by atoms with Crippen LogP contribution in [0.5, 0.6) is 0 Å². The average molecular weight is 599 g/mol. The fourth-order valence-electron chi connectivity index (χ4n) is 4.87. The number of aromatic nitrogens is 3. The van der Waals surface area contributed by atoms with Crippen LogP contribution in [-0.2, 0) is 14.3 Å². The van der Waals surface area contributed by atoms with Gasteiger partial charge in [0.1, 0.15) is 5.82 Å². The summed E-state index contributed by atoms with van der Waals surface area (Å²) in [5.41, 5.74) is 5.99. The third-order valence-corrected chi connectivity index (χ3v) is 6.96. The summed E-state index contributed by atoms with van der Waals surface area (Å²) >= 11 is 0. The van der Waals surface area contributed by atoms with E-state index in [0.717, 1.165) is 12.6 Å². The van der Waals surface area contributed by atoms with Crippen LogP contribution in [-0.4, -0.2) is 76.1 Å². The second-order valence-electron chi connectivity index (χ2n) is 9.68. The highest BCUT2D eigenvalue weighted by Gasteiger charge is 2.31. The SMILES string of the molecule is CCOC(=O)CCCCCC(=O)c1cccnc1N1CCN(C(=O)C(=O)c2c[nH]c3c(N/C=C\N)ncc(F)c23)CC1.N.[HH]. The molecule has 0 aliphatic carbocycles. The quantitative estimate of drug-likeness (QED) is 0.0970. The summed E-state index contributed by atoms with van der Waals surface area (Å²) < 4.78 is 19.6. The highest BCUT2D eigenvalue weighted by molar-refractivity contribution is 6.45. The maximum absolute atomic E-state index is 14.7. The Morgan fingerprint density at radius 1 is 1.12 bits per heavy atom. The Kier molecular flexibility index (Phi) is 11.7. The number of hydrogen-bond donors (Lipinski definition) is 4. The molecule has 0 saturated carbocycles. The second-order valence-corrected chi connectivity index (χ2v) is 9.68. The zero-order valence-electron chi connectivity index (χ0n) is 24.1. The third-order valence-electron chi connectivity index (χ3n) is 6.96. The minimum absolute atomic E-state index is 0. The summed E-state index contributed by atoms with van der Waals surface area (Å²) in [6.07, 6.45) is 9.22. The van der Waals surface area contributed by atoms with Crippen LogP contribution in [0.4, 0.5) is 16.0 Å². The van der Waals surface area contributed by atoms with Gasteiger partial charge in [-0.05, 0) is 31.9 Å². The number of piperazine rings is 1. The first-order valence-electron chi connectivity index (χ1n) is 13.9. The van der Waals surface area contributed by atoms with Crippen LogP contribution >= 0.6 is 0 Å². The van der Waals surface area contributed by atoms with E-state index in [1.165, 1.54) is 23.5 Å². The number of esters is 1. The van der Waals surface area contributed by atoms with Gasteiger partial charge in [-0.15, -0.1) is 0 Å². The molecule has 0 unspecified atom stereocenters. The molecule has 1 aliphatic heterocycles. The number of unbranched alkanes of at least 4 members (excludes halogenated alkanes) is 2. The van der Waals surface area contributed by atoms with Crippen LogP contribution in [0.2, 0.25) is 0 Å². The van der Waals surface area contributed by atoms with Gasteiger partial charge in [-0.1, -0.05) is 6.42 Å². The molecule has 1 saturated heterocycles. The van der Waals surface area contributed by atoms with Gasteiger partial charge in [-0.25, -0.2) is 14.4 Å². The van der Waals surface area contributed by atoms with Crippen molar-refractivity contribution in [2.24, 2.45) is 5.73 Å². The number of ketones is 2. The first kappa shape index (κ1) is 32.7. The number of halogens is 1. The second kappa shape index (κ2) is 15.4. The van der Waals surface area contributed by atoms with Crippen LogP contribution in [0.15, 0.2) is 43.1 Å². The Morgan fingerprint density at radius 3 is 2.58 bits per heavy atom. The number of ether oxygens (including phenoxy) is 1. The molecule has 232 valence electrons.